The van der Waals surface area contributed by atoms with Crippen LogP contribution in [0.15, 0.2) is 53.9 Å². The number of aromatic nitrogens is 5. The Morgan fingerprint density at radius 2 is 1.41 bits per heavy atom. The zero-order valence-corrected chi connectivity index (χ0v) is 12.4. The van der Waals surface area contributed by atoms with Gasteiger partial charge in [-0.1, -0.05) is 12.1 Å². The number of hydrogen-bond donors (Lipinski definition) is 0. The lowest BCUT2D eigenvalue weighted by atomic mass is 10.1. The molecule has 0 aliphatic carbocycles. The molecular weight excluding hydrogens is 302 g/mol. The average molecular weight is 313 g/mol. The second-order valence-corrected chi connectivity index (χ2v) is 6.40. The molecule has 0 aliphatic heterocycles. The Bertz CT molecular complexity index is 899. The second-order valence-electron chi connectivity index (χ2n) is 4.49. The second kappa shape index (κ2) is 5.57. The summed E-state index contributed by atoms with van der Waals surface area (Å²) in [6.07, 6.45) is 4.25. The smallest absolute Gasteiger partial charge is 0.255 e. The largest absolute Gasteiger partial charge is 0.267 e. The lowest BCUT2D eigenvalue weighted by Crippen LogP contribution is -2.09. The van der Waals surface area contributed by atoms with E-state index in [4.69, 9.17) is 0 Å². The third-order valence-corrected chi connectivity index (χ3v) is 3.65. The van der Waals surface area contributed by atoms with Gasteiger partial charge in [-0.15, -0.1) is 10.2 Å². The van der Waals surface area contributed by atoms with Gasteiger partial charge in [0.05, 0.1) is 11.4 Å². The number of pyridine rings is 2. The zero-order valence-electron chi connectivity index (χ0n) is 11.6. The zero-order chi connectivity index (χ0) is 15.6. The maximum atomic E-state index is 11.7. The molecule has 3 aromatic rings. The first kappa shape index (κ1) is 14.2. The van der Waals surface area contributed by atoms with Crippen molar-refractivity contribution < 1.29 is 8.42 Å². The topological polar surface area (TPSA) is 98.6 Å². The van der Waals surface area contributed by atoms with Crippen LogP contribution in [0.2, 0.25) is 0 Å². The molecule has 22 heavy (non-hydrogen) atoms. The molecule has 0 unspecified atom stereocenters. The first-order valence-corrected chi connectivity index (χ1v) is 8.22. The van der Waals surface area contributed by atoms with E-state index in [9.17, 15) is 8.42 Å². The summed E-state index contributed by atoms with van der Waals surface area (Å²) in [6, 6.07) is 10.6. The summed E-state index contributed by atoms with van der Waals surface area (Å²) in [5.41, 5.74) is 1.76. The van der Waals surface area contributed by atoms with Crippen molar-refractivity contribution in [1.82, 2.24) is 25.1 Å². The fraction of sp³-hybridized carbons (Fsp3) is 0.0714. The van der Waals surface area contributed by atoms with Crippen molar-refractivity contribution in [2.45, 2.75) is 5.16 Å². The highest BCUT2D eigenvalue weighted by Gasteiger charge is 2.19. The molecule has 0 saturated carbocycles. The predicted octanol–water partition coefficient (Wildman–Crippen LogP) is 1.40. The van der Waals surface area contributed by atoms with Gasteiger partial charge < -0.3 is 0 Å². The van der Waals surface area contributed by atoms with Crippen LogP contribution in [0.4, 0.5) is 0 Å². The Kier molecular flexibility index (Phi) is 3.60. The number of rotatable bonds is 3. The molecule has 0 atom stereocenters. The van der Waals surface area contributed by atoms with Crippen LogP contribution in [-0.4, -0.2) is 39.8 Å². The maximum absolute atomic E-state index is 11.7. The van der Waals surface area contributed by atoms with E-state index in [-0.39, 0.29) is 5.16 Å². The molecule has 7 nitrogen and oxygen atoms in total. The van der Waals surface area contributed by atoms with Crippen LogP contribution >= 0.6 is 0 Å². The third-order valence-electron chi connectivity index (χ3n) is 2.81. The van der Waals surface area contributed by atoms with Crippen LogP contribution in [0.5, 0.6) is 0 Å². The monoisotopic (exact) mass is 313 g/mol. The van der Waals surface area contributed by atoms with E-state index < -0.39 is 9.84 Å². The molecule has 3 aromatic heterocycles. The van der Waals surface area contributed by atoms with E-state index in [0.29, 0.717) is 22.8 Å². The van der Waals surface area contributed by atoms with Gasteiger partial charge in [-0.2, -0.15) is 0 Å². The summed E-state index contributed by atoms with van der Waals surface area (Å²) in [7, 11) is -3.57. The van der Waals surface area contributed by atoms with Gasteiger partial charge in [0.2, 0.25) is 9.84 Å². The highest BCUT2D eigenvalue weighted by Crippen LogP contribution is 2.25. The van der Waals surface area contributed by atoms with Gasteiger partial charge >= 0.3 is 0 Å². The fourth-order valence-electron chi connectivity index (χ4n) is 1.82. The normalized spacial score (nSPS) is 11.3. The highest BCUT2D eigenvalue weighted by molar-refractivity contribution is 7.90. The van der Waals surface area contributed by atoms with Crippen molar-refractivity contribution in [2.24, 2.45) is 0 Å². The van der Waals surface area contributed by atoms with E-state index in [1.165, 1.54) is 0 Å². The minimum Gasteiger partial charge on any atom is -0.255 e. The molecule has 8 heteroatoms. The van der Waals surface area contributed by atoms with E-state index in [0.717, 1.165) is 6.26 Å². The van der Waals surface area contributed by atoms with Crippen LogP contribution in [0.1, 0.15) is 0 Å². The van der Waals surface area contributed by atoms with Gasteiger partial charge in [0.1, 0.15) is 11.4 Å². The molecule has 0 aliphatic rings. The minimum absolute atomic E-state index is 0.328. The van der Waals surface area contributed by atoms with Crippen molar-refractivity contribution in [3.63, 3.8) is 0 Å². The average Bonchev–Trinajstić information content (AvgIpc) is 2.55. The van der Waals surface area contributed by atoms with Crippen molar-refractivity contribution >= 4 is 9.84 Å². The van der Waals surface area contributed by atoms with Gasteiger partial charge in [0.25, 0.3) is 5.16 Å². The molecule has 0 saturated heterocycles. The quantitative estimate of drug-likeness (QED) is 0.720. The van der Waals surface area contributed by atoms with Gasteiger partial charge in [0.15, 0.2) is 0 Å². The van der Waals surface area contributed by atoms with Gasteiger partial charge in [-0.05, 0) is 24.3 Å². The third kappa shape index (κ3) is 2.82. The minimum atomic E-state index is -3.57. The maximum Gasteiger partial charge on any atom is 0.267 e. The summed E-state index contributed by atoms with van der Waals surface area (Å²) < 4.78 is 23.3. The lowest BCUT2D eigenvalue weighted by Gasteiger charge is -2.07. The van der Waals surface area contributed by atoms with E-state index in [1.807, 2.05) is 0 Å². The summed E-state index contributed by atoms with van der Waals surface area (Å²) in [4.78, 5) is 12.5. The molecular formula is C14H11N5O2S. The molecule has 0 N–H and O–H groups in total. The van der Waals surface area contributed by atoms with Gasteiger partial charge in [0, 0.05) is 18.6 Å². The molecule has 0 bridgehead atoms. The van der Waals surface area contributed by atoms with Crippen LogP contribution in [0.25, 0.3) is 22.8 Å². The lowest BCUT2D eigenvalue weighted by molar-refractivity contribution is 0.589. The van der Waals surface area contributed by atoms with Crippen molar-refractivity contribution in [3.8, 4) is 22.8 Å². The van der Waals surface area contributed by atoms with Gasteiger partial charge in [-0.3, -0.25) is 9.97 Å². The summed E-state index contributed by atoms with van der Waals surface area (Å²) >= 11 is 0. The van der Waals surface area contributed by atoms with Crippen LogP contribution < -0.4 is 0 Å². The molecule has 0 spiro atoms. The first-order chi connectivity index (χ1) is 10.6. The van der Waals surface area contributed by atoms with Crippen molar-refractivity contribution in [3.05, 3.63) is 48.8 Å². The predicted molar refractivity (Wildman–Crippen MR) is 79.4 cm³/mol. The number of nitrogens with zero attached hydrogens (tertiary/aromatic N) is 5. The molecule has 0 fully saturated rings. The number of hydrogen-bond acceptors (Lipinski definition) is 7. The molecule has 0 radical (unpaired) electrons. The first-order valence-electron chi connectivity index (χ1n) is 6.33. The Labute approximate surface area is 127 Å². The highest BCUT2D eigenvalue weighted by atomic mass is 32.2. The molecule has 3 rings (SSSR count). The summed E-state index contributed by atoms with van der Waals surface area (Å²) in [6.45, 7) is 0. The standard InChI is InChI=1S/C14H11N5O2S/c1-22(20,21)14-17-12(10-6-2-4-8-15-10)13(18-19-14)11-7-3-5-9-16-11/h2-9H,1H3. The van der Waals surface area contributed by atoms with E-state index in [1.54, 1.807) is 48.8 Å². The molecule has 110 valence electrons. The summed E-state index contributed by atoms with van der Waals surface area (Å²) in [5.74, 6) is 0. The fourth-order valence-corrected chi connectivity index (χ4v) is 2.27. The van der Waals surface area contributed by atoms with Crippen LogP contribution in [0, 0.1) is 0 Å². The van der Waals surface area contributed by atoms with E-state index >= 15 is 0 Å². The van der Waals surface area contributed by atoms with E-state index in [2.05, 4.69) is 25.1 Å². The Morgan fingerprint density at radius 3 is 1.91 bits per heavy atom. The molecule has 3 heterocycles. The molecule has 0 amide bonds. The van der Waals surface area contributed by atoms with Crippen molar-refractivity contribution in [2.75, 3.05) is 6.26 Å². The van der Waals surface area contributed by atoms with Crippen LogP contribution in [0.3, 0.4) is 0 Å². The number of sulfone groups is 1. The molecule has 0 aromatic carbocycles. The Balaban J connectivity index is 2.27. The Morgan fingerprint density at radius 1 is 0.818 bits per heavy atom. The van der Waals surface area contributed by atoms with Gasteiger partial charge in [-0.25, -0.2) is 13.4 Å². The van der Waals surface area contributed by atoms with Crippen LogP contribution in [-0.2, 0) is 9.84 Å². The Hall–Kier alpha value is -2.74. The summed E-state index contributed by atoms with van der Waals surface area (Å²) in [5, 5.41) is 7.35. The van der Waals surface area contributed by atoms with Crippen molar-refractivity contribution in [1.29, 1.82) is 0 Å². The SMILES string of the molecule is CS(=O)(=O)c1nnc(-c2ccccn2)c(-c2ccccn2)n1.